The summed E-state index contributed by atoms with van der Waals surface area (Å²) in [6.07, 6.45) is 1.55. The van der Waals surface area contributed by atoms with Crippen molar-refractivity contribution in [2.75, 3.05) is 5.32 Å². The lowest BCUT2D eigenvalue weighted by molar-refractivity contribution is 0.625. The molecule has 0 amide bonds. The maximum Gasteiger partial charge on any atom is 0.143 e. The maximum atomic E-state index is 13.1. The van der Waals surface area contributed by atoms with Crippen LogP contribution in [0.5, 0.6) is 0 Å². The van der Waals surface area contributed by atoms with Crippen LogP contribution in [0.1, 0.15) is 11.1 Å². The van der Waals surface area contributed by atoms with Gasteiger partial charge in [-0.15, -0.1) is 5.10 Å². The van der Waals surface area contributed by atoms with Crippen molar-refractivity contribution in [2.24, 2.45) is 0 Å². The molecule has 1 N–H and O–H groups in total. The Morgan fingerprint density at radius 2 is 2.05 bits per heavy atom. The Morgan fingerprint density at radius 3 is 2.81 bits per heavy atom. The Bertz CT molecular complexity index is 740. The molecule has 0 aliphatic carbocycles. The molecule has 0 atom stereocenters. The molecule has 0 unspecified atom stereocenters. The standard InChI is InChI=1S/C15H14FN5/c1-11-8-13(16)7-6-12(11)9-17-14-4-2-3-5-15(14)21-10-18-19-20-21/h2-8,10,17H,9H2,1H3. The number of aromatic nitrogens is 4. The molecule has 0 radical (unpaired) electrons. The highest BCUT2D eigenvalue weighted by Crippen LogP contribution is 2.20. The predicted octanol–water partition coefficient (Wildman–Crippen LogP) is 2.72. The highest BCUT2D eigenvalue weighted by atomic mass is 19.1. The summed E-state index contributed by atoms with van der Waals surface area (Å²) in [5, 5.41) is 14.5. The second-order valence-corrected chi connectivity index (χ2v) is 4.70. The van der Waals surface area contributed by atoms with E-state index in [1.54, 1.807) is 17.1 Å². The van der Waals surface area contributed by atoms with Gasteiger partial charge >= 0.3 is 0 Å². The van der Waals surface area contributed by atoms with Gasteiger partial charge in [0.05, 0.1) is 11.4 Å². The molecule has 106 valence electrons. The lowest BCUT2D eigenvalue weighted by Gasteiger charge is -2.12. The van der Waals surface area contributed by atoms with Crippen molar-refractivity contribution >= 4 is 5.69 Å². The molecular formula is C15H14FN5. The number of nitrogens with one attached hydrogen (secondary N) is 1. The molecule has 0 bridgehead atoms. The van der Waals surface area contributed by atoms with E-state index in [1.807, 2.05) is 31.2 Å². The molecule has 1 heterocycles. The van der Waals surface area contributed by atoms with E-state index in [1.165, 1.54) is 12.1 Å². The summed E-state index contributed by atoms with van der Waals surface area (Å²) in [6.45, 7) is 2.50. The first-order valence-corrected chi connectivity index (χ1v) is 6.55. The van der Waals surface area contributed by atoms with Gasteiger partial charge in [0.1, 0.15) is 12.1 Å². The van der Waals surface area contributed by atoms with Crippen LogP contribution < -0.4 is 5.32 Å². The molecular weight excluding hydrogens is 269 g/mol. The highest BCUT2D eigenvalue weighted by molar-refractivity contribution is 5.60. The minimum absolute atomic E-state index is 0.217. The smallest absolute Gasteiger partial charge is 0.143 e. The maximum absolute atomic E-state index is 13.1. The van der Waals surface area contributed by atoms with E-state index < -0.39 is 0 Å². The first kappa shape index (κ1) is 13.2. The minimum Gasteiger partial charge on any atom is -0.379 e. The van der Waals surface area contributed by atoms with Gasteiger partial charge in [-0.1, -0.05) is 18.2 Å². The van der Waals surface area contributed by atoms with Crippen molar-refractivity contribution in [2.45, 2.75) is 13.5 Å². The summed E-state index contributed by atoms with van der Waals surface area (Å²) in [6, 6.07) is 12.5. The fourth-order valence-electron chi connectivity index (χ4n) is 2.14. The number of nitrogens with zero attached hydrogens (tertiary/aromatic N) is 4. The summed E-state index contributed by atoms with van der Waals surface area (Å²) >= 11 is 0. The fourth-order valence-corrected chi connectivity index (χ4v) is 2.14. The van der Waals surface area contributed by atoms with Crippen LogP contribution in [0.25, 0.3) is 5.69 Å². The van der Waals surface area contributed by atoms with E-state index in [0.29, 0.717) is 6.54 Å². The fraction of sp³-hybridized carbons (Fsp3) is 0.133. The normalized spacial score (nSPS) is 10.6. The number of para-hydroxylation sites is 2. The van der Waals surface area contributed by atoms with Gasteiger partial charge in [0.2, 0.25) is 0 Å². The molecule has 0 aliphatic heterocycles. The van der Waals surface area contributed by atoms with Crippen molar-refractivity contribution in [3.05, 3.63) is 65.7 Å². The van der Waals surface area contributed by atoms with Gasteiger partial charge in [-0.05, 0) is 52.7 Å². The largest absolute Gasteiger partial charge is 0.379 e. The van der Waals surface area contributed by atoms with E-state index in [-0.39, 0.29) is 5.82 Å². The van der Waals surface area contributed by atoms with E-state index in [9.17, 15) is 4.39 Å². The molecule has 3 rings (SSSR count). The average Bonchev–Trinajstić information content (AvgIpc) is 3.01. The minimum atomic E-state index is -0.217. The molecule has 1 aromatic heterocycles. The second-order valence-electron chi connectivity index (χ2n) is 4.70. The van der Waals surface area contributed by atoms with Gasteiger partial charge in [-0.3, -0.25) is 0 Å². The molecule has 0 aliphatic rings. The van der Waals surface area contributed by atoms with Crippen molar-refractivity contribution in [3.8, 4) is 5.69 Å². The zero-order chi connectivity index (χ0) is 14.7. The van der Waals surface area contributed by atoms with E-state index in [2.05, 4.69) is 20.8 Å². The number of benzene rings is 2. The topological polar surface area (TPSA) is 55.6 Å². The Balaban J connectivity index is 1.83. The second kappa shape index (κ2) is 5.70. The van der Waals surface area contributed by atoms with Crippen LogP contribution in [-0.4, -0.2) is 20.2 Å². The number of hydrogen-bond acceptors (Lipinski definition) is 4. The van der Waals surface area contributed by atoms with E-state index in [0.717, 1.165) is 22.5 Å². The third-order valence-electron chi connectivity index (χ3n) is 3.27. The third kappa shape index (κ3) is 2.89. The van der Waals surface area contributed by atoms with Gasteiger partial charge in [0, 0.05) is 6.54 Å². The lowest BCUT2D eigenvalue weighted by Crippen LogP contribution is -2.06. The Morgan fingerprint density at radius 1 is 1.19 bits per heavy atom. The zero-order valence-corrected chi connectivity index (χ0v) is 11.5. The van der Waals surface area contributed by atoms with E-state index >= 15 is 0 Å². The lowest BCUT2D eigenvalue weighted by atomic mass is 10.1. The van der Waals surface area contributed by atoms with E-state index in [4.69, 9.17) is 0 Å². The number of hydrogen-bond donors (Lipinski definition) is 1. The van der Waals surface area contributed by atoms with Crippen LogP contribution in [0.3, 0.4) is 0 Å². The van der Waals surface area contributed by atoms with Gasteiger partial charge in [-0.25, -0.2) is 4.39 Å². The van der Waals surface area contributed by atoms with Crippen LogP contribution in [-0.2, 0) is 6.54 Å². The highest BCUT2D eigenvalue weighted by Gasteiger charge is 2.06. The van der Waals surface area contributed by atoms with Gasteiger partial charge in [0.25, 0.3) is 0 Å². The molecule has 6 heteroatoms. The molecule has 0 fully saturated rings. The summed E-state index contributed by atoms with van der Waals surface area (Å²) < 4.78 is 14.7. The summed E-state index contributed by atoms with van der Waals surface area (Å²) in [4.78, 5) is 0. The number of anilines is 1. The zero-order valence-electron chi connectivity index (χ0n) is 11.5. The summed E-state index contributed by atoms with van der Waals surface area (Å²) in [7, 11) is 0. The Hall–Kier alpha value is -2.76. The SMILES string of the molecule is Cc1cc(F)ccc1CNc1ccccc1-n1cnnn1. The Kier molecular flexibility index (Phi) is 3.59. The summed E-state index contributed by atoms with van der Waals surface area (Å²) in [5.74, 6) is -0.217. The van der Waals surface area contributed by atoms with Crippen LogP contribution in [0.4, 0.5) is 10.1 Å². The Labute approximate surface area is 121 Å². The van der Waals surface area contributed by atoms with Crippen LogP contribution in [0.2, 0.25) is 0 Å². The van der Waals surface area contributed by atoms with Crippen LogP contribution >= 0.6 is 0 Å². The molecule has 21 heavy (non-hydrogen) atoms. The van der Waals surface area contributed by atoms with Crippen molar-refractivity contribution in [1.29, 1.82) is 0 Å². The quantitative estimate of drug-likeness (QED) is 0.800. The number of halogens is 1. The number of rotatable bonds is 4. The van der Waals surface area contributed by atoms with Gasteiger partial charge in [0.15, 0.2) is 0 Å². The first-order chi connectivity index (χ1) is 10.2. The van der Waals surface area contributed by atoms with Crippen LogP contribution in [0.15, 0.2) is 48.8 Å². The van der Waals surface area contributed by atoms with Crippen molar-refractivity contribution < 1.29 is 4.39 Å². The molecule has 0 saturated heterocycles. The van der Waals surface area contributed by atoms with Gasteiger partial charge in [-0.2, -0.15) is 4.68 Å². The number of tetrazole rings is 1. The summed E-state index contributed by atoms with van der Waals surface area (Å²) in [5.41, 5.74) is 3.74. The molecule has 2 aromatic carbocycles. The molecule has 3 aromatic rings. The van der Waals surface area contributed by atoms with Crippen LogP contribution in [0, 0.1) is 12.7 Å². The third-order valence-corrected chi connectivity index (χ3v) is 3.27. The molecule has 0 spiro atoms. The predicted molar refractivity (Wildman–Crippen MR) is 77.6 cm³/mol. The van der Waals surface area contributed by atoms with Crippen molar-refractivity contribution in [1.82, 2.24) is 20.2 Å². The first-order valence-electron chi connectivity index (χ1n) is 6.55. The molecule has 0 saturated carbocycles. The molecule has 5 nitrogen and oxygen atoms in total. The number of aryl methyl sites for hydroxylation is 1. The van der Waals surface area contributed by atoms with Crippen molar-refractivity contribution in [3.63, 3.8) is 0 Å². The monoisotopic (exact) mass is 283 g/mol. The average molecular weight is 283 g/mol. The van der Waals surface area contributed by atoms with Gasteiger partial charge < -0.3 is 5.32 Å².